The largest absolute Gasteiger partial charge is 0.490 e. The van der Waals surface area contributed by atoms with E-state index in [9.17, 15) is 32.7 Å². The molecule has 0 amide bonds. The molecule has 3 aromatic rings. The highest BCUT2D eigenvalue weighted by Crippen LogP contribution is 2.28. The monoisotopic (exact) mass is 524 g/mol. The maximum absolute atomic E-state index is 13.2. The van der Waals surface area contributed by atoms with E-state index in [1.54, 1.807) is 10.6 Å². The zero-order valence-electron chi connectivity index (χ0n) is 19.5. The van der Waals surface area contributed by atoms with Crippen LogP contribution < -0.4 is 21.5 Å². The standard InChI is InChI=1S/C20H22N6O4.C2HF3O2/c1-3-13-6-4-5-7-14(13)26-16-17(22-19(26)24-10-8-21-9-11-24)25(12-15(27)28)20(30)23(2)18(16)29;3-2(4,5)1(6)7/h3-7,21H,1,8-12H2,2H3,(H,27,28);(H,6,7). The number of fused-ring (bicyclic) bond motifs is 1. The number of hydrogen-bond donors (Lipinski definition) is 3. The minimum atomic E-state index is -5.08. The number of imidazole rings is 1. The van der Waals surface area contributed by atoms with Gasteiger partial charge in [0.25, 0.3) is 5.56 Å². The molecule has 0 unspecified atom stereocenters. The Morgan fingerprint density at radius 3 is 2.30 bits per heavy atom. The predicted octanol–water partition coefficient (Wildman–Crippen LogP) is 0.656. The second kappa shape index (κ2) is 10.7. The van der Waals surface area contributed by atoms with Gasteiger partial charge in [-0.3, -0.25) is 23.3 Å². The van der Waals surface area contributed by atoms with Crippen LogP contribution in [0.15, 0.2) is 40.4 Å². The maximum atomic E-state index is 13.2. The van der Waals surface area contributed by atoms with Gasteiger partial charge >= 0.3 is 23.8 Å². The maximum Gasteiger partial charge on any atom is 0.490 e. The average molecular weight is 524 g/mol. The van der Waals surface area contributed by atoms with Gasteiger partial charge in [0.05, 0.1) is 5.69 Å². The summed E-state index contributed by atoms with van der Waals surface area (Å²) in [6, 6.07) is 7.42. The van der Waals surface area contributed by atoms with Gasteiger partial charge < -0.3 is 20.4 Å². The number of anilines is 1. The van der Waals surface area contributed by atoms with Gasteiger partial charge in [0.1, 0.15) is 6.54 Å². The van der Waals surface area contributed by atoms with Crippen LogP contribution in [-0.2, 0) is 23.2 Å². The highest BCUT2D eigenvalue weighted by molar-refractivity contribution is 5.81. The van der Waals surface area contributed by atoms with E-state index in [-0.39, 0.29) is 11.2 Å². The lowest BCUT2D eigenvalue weighted by molar-refractivity contribution is -0.192. The summed E-state index contributed by atoms with van der Waals surface area (Å²) in [6.45, 7) is 6.06. The molecule has 198 valence electrons. The first-order valence-electron chi connectivity index (χ1n) is 10.8. The molecule has 0 atom stereocenters. The Balaban J connectivity index is 0.000000479. The van der Waals surface area contributed by atoms with Crippen LogP contribution in [0.1, 0.15) is 5.56 Å². The molecule has 1 aromatic carbocycles. The van der Waals surface area contributed by atoms with Crippen molar-refractivity contribution in [3.63, 3.8) is 0 Å². The molecule has 15 heteroatoms. The van der Waals surface area contributed by atoms with Gasteiger partial charge in [-0.15, -0.1) is 0 Å². The summed E-state index contributed by atoms with van der Waals surface area (Å²) >= 11 is 0. The number of aliphatic carboxylic acids is 2. The fourth-order valence-electron chi connectivity index (χ4n) is 3.74. The molecule has 1 fully saturated rings. The molecule has 0 spiro atoms. The first kappa shape index (κ1) is 27.2. The van der Waals surface area contributed by atoms with Crippen molar-refractivity contribution in [3.05, 3.63) is 57.2 Å². The zero-order valence-corrected chi connectivity index (χ0v) is 19.5. The third kappa shape index (κ3) is 5.55. The number of nitrogens with one attached hydrogen (secondary N) is 1. The van der Waals surface area contributed by atoms with Crippen molar-refractivity contribution in [2.75, 3.05) is 31.1 Å². The minimum Gasteiger partial charge on any atom is -0.480 e. The Morgan fingerprint density at radius 2 is 1.76 bits per heavy atom. The Kier molecular flexibility index (Phi) is 7.86. The van der Waals surface area contributed by atoms with E-state index in [0.717, 1.165) is 27.8 Å². The normalized spacial score (nSPS) is 13.7. The minimum absolute atomic E-state index is 0.0536. The van der Waals surface area contributed by atoms with Crippen molar-refractivity contribution >= 4 is 35.1 Å². The molecule has 4 rings (SSSR count). The smallest absolute Gasteiger partial charge is 0.480 e. The van der Waals surface area contributed by atoms with E-state index in [1.165, 1.54) is 7.05 Å². The van der Waals surface area contributed by atoms with Crippen LogP contribution in [0.3, 0.4) is 0 Å². The number of carboxylic acid groups (broad SMARTS) is 2. The van der Waals surface area contributed by atoms with E-state index in [0.29, 0.717) is 24.7 Å². The lowest BCUT2D eigenvalue weighted by Crippen LogP contribution is -2.44. The van der Waals surface area contributed by atoms with E-state index >= 15 is 0 Å². The summed E-state index contributed by atoms with van der Waals surface area (Å²) in [5, 5.41) is 19.7. The summed E-state index contributed by atoms with van der Waals surface area (Å²) in [7, 11) is 1.34. The number of nitrogens with zero attached hydrogens (tertiary/aromatic N) is 5. The molecule has 0 aliphatic carbocycles. The molecule has 0 saturated carbocycles. The zero-order chi connectivity index (χ0) is 27.5. The molecule has 2 aromatic heterocycles. The fourth-order valence-corrected chi connectivity index (χ4v) is 3.74. The van der Waals surface area contributed by atoms with Gasteiger partial charge in [0.2, 0.25) is 5.95 Å². The molecule has 1 aliphatic heterocycles. The first-order chi connectivity index (χ1) is 17.4. The van der Waals surface area contributed by atoms with Crippen LogP contribution in [0.5, 0.6) is 0 Å². The third-order valence-electron chi connectivity index (χ3n) is 5.46. The second-order valence-corrected chi connectivity index (χ2v) is 7.85. The number of rotatable bonds is 5. The molecule has 0 radical (unpaired) electrons. The van der Waals surface area contributed by atoms with Gasteiger partial charge in [-0.05, 0) is 11.6 Å². The van der Waals surface area contributed by atoms with Crippen molar-refractivity contribution in [3.8, 4) is 5.69 Å². The lowest BCUT2D eigenvalue weighted by Gasteiger charge is -2.29. The molecule has 37 heavy (non-hydrogen) atoms. The average Bonchev–Trinajstić information content (AvgIpc) is 3.26. The summed E-state index contributed by atoms with van der Waals surface area (Å²) in [5.41, 5.74) is 0.416. The van der Waals surface area contributed by atoms with Gasteiger partial charge in [-0.1, -0.05) is 30.9 Å². The highest BCUT2D eigenvalue weighted by atomic mass is 19.4. The molecule has 3 heterocycles. The number of aromatic nitrogens is 4. The van der Waals surface area contributed by atoms with E-state index in [1.807, 2.05) is 29.2 Å². The number of hydrogen-bond acceptors (Lipinski definition) is 7. The van der Waals surface area contributed by atoms with E-state index in [4.69, 9.17) is 9.90 Å². The Morgan fingerprint density at radius 1 is 1.16 bits per heavy atom. The number of carbonyl (C=O) groups is 2. The van der Waals surface area contributed by atoms with Crippen molar-refractivity contribution in [2.24, 2.45) is 7.05 Å². The molecule has 12 nitrogen and oxygen atoms in total. The number of carboxylic acids is 2. The van der Waals surface area contributed by atoms with Crippen LogP contribution in [0.25, 0.3) is 22.9 Å². The van der Waals surface area contributed by atoms with Crippen molar-refractivity contribution in [1.82, 2.24) is 24.0 Å². The van der Waals surface area contributed by atoms with E-state index in [2.05, 4.69) is 16.9 Å². The number of halogens is 3. The van der Waals surface area contributed by atoms with Crippen LogP contribution in [0.4, 0.5) is 19.1 Å². The van der Waals surface area contributed by atoms with Crippen LogP contribution in [0, 0.1) is 0 Å². The second-order valence-electron chi connectivity index (χ2n) is 7.85. The number of alkyl halides is 3. The Bertz CT molecular complexity index is 1470. The van der Waals surface area contributed by atoms with Gasteiger partial charge in [0, 0.05) is 33.2 Å². The highest BCUT2D eigenvalue weighted by Gasteiger charge is 2.38. The Hall–Kier alpha value is -4.40. The predicted molar refractivity (Wildman–Crippen MR) is 127 cm³/mol. The van der Waals surface area contributed by atoms with Gasteiger partial charge in [-0.25, -0.2) is 9.59 Å². The molecular formula is C22H23F3N6O6. The quantitative estimate of drug-likeness (QED) is 0.437. The van der Waals surface area contributed by atoms with Crippen molar-refractivity contribution in [1.29, 1.82) is 0 Å². The number of para-hydroxylation sites is 1. The summed E-state index contributed by atoms with van der Waals surface area (Å²) in [4.78, 5) is 52.8. The van der Waals surface area contributed by atoms with E-state index < -0.39 is 35.9 Å². The van der Waals surface area contributed by atoms with Crippen LogP contribution >= 0.6 is 0 Å². The topological polar surface area (TPSA) is 152 Å². The van der Waals surface area contributed by atoms with Crippen LogP contribution in [-0.4, -0.2) is 73.2 Å². The van der Waals surface area contributed by atoms with Crippen molar-refractivity contribution in [2.45, 2.75) is 12.7 Å². The van der Waals surface area contributed by atoms with Gasteiger partial charge in [0.15, 0.2) is 11.2 Å². The summed E-state index contributed by atoms with van der Waals surface area (Å²) in [6.07, 6.45) is -3.40. The molecule has 1 saturated heterocycles. The molecular weight excluding hydrogens is 501 g/mol. The SMILES string of the molecule is C=Cc1ccccc1-n1c(N2CCNCC2)nc2c1c(=O)n(C)c(=O)n2CC(=O)O.O=C(O)C(F)(F)F. The van der Waals surface area contributed by atoms with Gasteiger partial charge in [-0.2, -0.15) is 18.2 Å². The summed E-state index contributed by atoms with van der Waals surface area (Å²) in [5.74, 6) is -3.46. The third-order valence-corrected chi connectivity index (χ3v) is 5.46. The first-order valence-corrected chi connectivity index (χ1v) is 10.8. The molecule has 3 N–H and O–H groups in total. The lowest BCUT2D eigenvalue weighted by atomic mass is 10.1. The molecule has 0 bridgehead atoms. The van der Waals surface area contributed by atoms with Crippen molar-refractivity contribution < 1.29 is 33.0 Å². The van der Waals surface area contributed by atoms with Crippen LogP contribution in [0.2, 0.25) is 0 Å². The number of benzene rings is 1. The molecule has 1 aliphatic rings. The fraction of sp³-hybridized carbons (Fsp3) is 0.318. The summed E-state index contributed by atoms with van der Waals surface area (Å²) < 4.78 is 35.4. The number of piperazine rings is 1. The Labute approximate surface area is 206 Å².